The molecular weight excluding hydrogens is 416 g/mol. The molecule has 3 N–H and O–H groups in total. The van der Waals surface area contributed by atoms with Crippen LogP contribution in [-0.4, -0.2) is 23.2 Å². The number of nitrogens with one attached hydrogen (secondary N) is 3. The molecule has 2 amide bonds. The average molecular weight is 443 g/mol. The fourth-order valence-corrected chi connectivity index (χ4v) is 3.40. The molecule has 1 heterocycles. The van der Waals surface area contributed by atoms with Gasteiger partial charge in [-0.3, -0.25) is 21.0 Å². The zero-order chi connectivity index (χ0) is 23.2. The van der Waals surface area contributed by atoms with E-state index < -0.39 is 6.09 Å². The minimum atomic E-state index is -0.494. The van der Waals surface area contributed by atoms with E-state index in [9.17, 15) is 9.59 Å². The van der Waals surface area contributed by atoms with Gasteiger partial charge in [0.1, 0.15) is 5.69 Å². The summed E-state index contributed by atoms with van der Waals surface area (Å²) in [5.74, 6) is 0.000967. The molecule has 0 unspecified atom stereocenters. The Morgan fingerprint density at radius 3 is 2.27 bits per heavy atom. The summed E-state index contributed by atoms with van der Waals surface area (Å²) in [7, 11) is 0. The van der Waals surface area contributed by atoms with E-state index in [0.29, 0.717) is 23.7 Å². The molecular formula is C26H26N4O3. The number of para-hydroxylation sites is 2. The molecule has 0 fully saturated rings. The van der Waals surface area contributed by atoms with E-state index in [1.54, 1.807) is 24.3 Å². The Kier molecular flexibility index (Phi) is 6.59. The molecule has 3 aromatic carbocycles. The van der Waals surface area contributed by atoms with Crippen LogP contribution in [0, 0.1) is 5.92 Å². The summed E-state index contributed by atoms with van der Waals surface area (Å²) in [6.45, 7) is 4.31. The molecule has 0 aliphatic carbocycles. The van der Waals surface area contributed by atoms with Crippen LogP contribution in [0.4, 0.5) is 16.2 Å². The van der Waals surface area contributed by atoms with Crippen molar-refractivity contribution in [1.29, 1.82) is 0 Å². The molecule has 0 aliphatic rings. The summed E-state index contributed by atoms with van der Waals surface area (Å²) >= 11 is 0. The number of hydrogen-bond donors (Lipinski definition) is 3. The third kappa shape index (κ3) is 5.33. The second-order valence-electron chi connectivity index (χ2n) is 8.03. The van der Waals surface area contributed by atoms with Crippen LogP contribution in [0.2, 0.25) is 0 Å². The van der Waals surface area contributed by atoms with Gasteiger partial charge in [-0.05, 0) is 54.4 Å². The van der Waals surface area contributed by atoms with Crippen molar-refractivity contribution >= 4 is 34.3 Å². The molecule has 4 rings (SSSR count). The third-order valence-electron chi connectivity index (χ3n) is 4.96. The Morgan fingerprint density at radius 2 is 1.55 bits per heavy atom. The molecule has 7 heteroatoms. The summed E-state index contributed by atoms with van der Waals surface area (Å²) in [5, 5.41) is 3.65. The van der Waals surface area contributed by atoms with Crippen molar-refractivity contribution in [3.05, 3.63) is 90.6 Å². The number of ether oxygens (including phenoxy) is 1. The lowest BCUT2D eigenvalue weighted by Crippen LogP contribution is -2.30. The van der Waals surface area contributed by atoms with Crippen LogP contribution >= 0.6 is 0 Å². The molecule has 7 nitrogen and oxygen atoms in total. The lowest BCUT2D eigenvalue weighted by Gasteiger charge is -2.13. The summed E-state index contributed by atoms with van der Waals surface area (Å²) < 4.78 is 7.05. The van der Waals surface area contributed by atoms with Gasteiger partial charge in [-0.2, -0.15) is 0 Å². The molecule has 4 aromatic rings. The van der Waals surface area contributed by atoms with Crippen LogP contribution in [0.3, 0.4) is 0 Å². The smallest absolute Gasteiger partial charge is 0.411 e. The Labute approximate surface area is 192 Å². The number of fused-ring (bicyclic) bond motifs is 1. The van der Waals surface area contributed by atoms with Crippen LogP contribution in [0.5, 0.6) is 0 Å². The van der Waals surface area contributed by atoms with Crippen LogP contribution in [0.1, 0.15) is 24.3 Å². The van der Waals surface area contributed by atoms with Crippen LogP contribution in [0.25, 0.3) is 16.6 Å². The minimum absolute atomic E-state index is 0.269. The summed E-state index contributed by atoms with van der Waals surface area (Å²) in [6.07, 6.45) is -0.494. The maximum absolute atomic E-state index is 13.1. The fraction of sp³-hybridized carbons (Fsp3) is 0.154. The van der Waals surface area contributed by atoms with Crippen molar-refractivity contribution in [3.8, 4) is 5.69 Å². The molecule has 0 radical (unpaired) electrons. The number of hydrazine groups is 1. The lowest BCUT2D eigenvalue weighted by atomic mass is 10.2. The standard InChI is InChI=1S/C26H26N4O3/c1-18(2)17-33-26(32)27-20-12-14-21(15-13-20)28-29-25(31)24-16-19-8-6-7-11-23(19)30(24)22-9-4-3-5-10-22/h3-16,18,28H,17H2,1-2H3,(H,27,32)(H,29,31). The van der Waals surface area contributed by atoms with Crippen molar-refractivity contribution < 1.29 is 14.3 Å². The summed E-state index contributed by atoms with van der Waals surface area (Å²) in [6, 6.07) is 26.5. The number of nitrogens with zero attached hydrogens (tertiary/aromatic N) is 1. The first-order valence-corrected chi connectivity index (χ1v) is 10.8. The van der Waals surface area contributed by atoms with Gasteiger partial charge in [0.05, 0.1) is 17.8 Å². The minimum Gasteiger partial charge on any atom is -0.449 e. The molecule has 168 valence electrons. The highest BCUT2D eigenvalue weighted by Gasteiger charge is 2.16. The van der Waals surface area contributed by atoms with E-state index in [2.05, 4.69) is 16.2 Å². The predicted molar refractivity (Wildman–Crippen MR) is 131 cm³/mol. The molecule has 0 saturated heterocycles. The number of amides is 2. The van der Waals surface area contributed by atoms with Crippen molar-refractivity contribution in [1.82, 2.24) is 9.99 Å². The lowest BCUT2D eigenvalue weighted by molar-refractivity contribution is 0.0956. The molecule has 0 spiro atoms. The second-order valence-corrected chi connectivity index (χ2v) is 8.03. The Balaban J connectivity index is 1.45. The maximum atomic E-state index is 13.1. The zero-order valence-corrected chi connectivity index (χ0v) is 18.5. The van der Waals surface area contributed by atoms with E-state index in [0.717, 1.165) is 16.6 Å². The first-order valence-electron chi connectivity index (χ1n) is 10.8. The molecule has 1 aromatic heterocycles. The van der Waals surface area contributed by atoms with Crippen LogP contribution < -0.4 is 16.2 Å². The van der Waals surface area contributed by atoms with E-state index in [-0.39, 0.29) is 11.8 Å². The molecule has 0 saturated carbocycles. The number of carbonyl (C=O) groups is 2. The van der Waals surface area contributed by atoms with Gasteiger partial charge in [0.15, 0.2) is 0 Å². The Bertz CT molecular complexity index is 1250. The molecule has 33 heavy (non-hydrogen) atoms. The zero-order valence-electron chi connectivity index (χ0n) is 18.5. The second kappa shape index (κ2) is 9.91. The Hall–Kier alpha value is -4.26. The highest BCUT2D eigenvalue weighted by atomic mass is 16.5. The van der Waals surface area contributed by atoms with Gasteiger partial charge in [0, 0.05) is 16.8 Å². The topological polar surface area (TPSA) is 84.4 Å². The van der Waals surface area contributed by atoms with Gasteiger partial charge in [0.25, 0.3) is 5.91 Å². The molecule has 0 atom stereocenters. The Morgan fingerprint density at radius 1 is 0.879 bits per heavy atom. The normalized spacial score (nSPS) is 10.8. The number of anilines is 2. The van der Waals surface area contributed by atoms with E-state index >= 15 is 0 Å². The van der Waals surface area contributed by atoms with Gasteiger partial charge in [-0.15, -0.1) is 0 Å². The number of carbonyl (C=O) groups excluding carboxylic acids is 2. The van der Waals surface area contributed by atoms with Gasteiger partial charge in [-0.25, -0.2) is 4.79 Å². The van der Waals surface area contributed by atoms with Gasteiger partial charge >= 0.3 is 6.09 Å². The SMILES string of the molecule is CC(C)COC(=O)Nc1ccc(NNC(=O)c2cc3ccccc3n2-c2ccccc2)cc1. The van der Waals surface area contributed by atoms with Gasteiger partial charge < -0.3 is 9.30 Å². The number of hydrogen-bond acceptors (Lipinski definition) is 4. The highest BCUT2D eigenvalue weighted by Crippen LogP contribution is 2.24. The summed E-state index contributed by atoms with van der Waals surface area (Å²) in [4.78, 5) is 24.8. The number of benzene rings is 3. The molecule has 0 bridgehead atoms. The number of aromatic nitrogens is 1. The van der Waals surface area contributed by atoms with Crippen LogP contribution in [-0.2, 0) is 4.74 Å². The summed E-state index contributed by atoms with van der Waals surface area (Å²) in [5.41, 5.74) is 9.34. The average Bonchev–Trinajstić information content (AvgIpc) is 3.22. The van der Waals surface area contributed by atoms with Crippen molar-refractivity contribution in [2.75, 3.05) is 17.3 Å². The van der Waals surface area contributed by atoms with Crippen molar-refractivity contribution in [2.24, 2.45) is 5.92 Å². The van der Waals surface area contributed by atoms with Crippen LogP contribution in [0.15, 0.2) is 84.9 Å². The number of rotatable bonds is 7. The van der Waals surface area contributed by atoms with Gasteiger partial charge in [-0.1, -0.05) is 50.2 Å². The first-order chi connectivity index (χ1) is 16.0. The van der Waals surface area contributed by atoms with Crippen molar-refractivity contribution in [2.45, 2.75) is 13.8 Å². The fourth-order valence-electron chi connectivity index (χ4n) is 3.40. The van der Waals surface area contributed by atoms with E-state index in [1.165, 1.54) is 0 Å². The highest BCUT2D eigenvalue weighted by molar-refractivity contribution is 6.00. The maximum Gasteiger partial charge on any atom is 0.411 e. The largest absolute Gasteiger partial charge is 0.449 e. The van der Waals surface area contributed by atoms with Gasteiger partial charge in [0.2, 0.25) is 0 Å². The monoisotopic (exact) mass is 442 g/mol. The van der Waals surface area contributed by atoms with E-state index in [4.69, 9.17) is 4.74 Å². The third-order valence-corrected chi connectivity index (χ3v) is 4.96. The predicted octanol–water partition coefficient (Wildman–Crippen LogP) is 5.59. The first kappa shape index (κ1) is 22.0. The van der Waals surface area contributed by atoms with Crippen molar-refractivity contribution in [3.63, 3.8) is 0 Å². The van der Waals surface area contributed by atoms with E-state index in [1.807, 2.05) is 79.1 Å². The molecule has 0 aliphatic heterocycles. The quantitative estimate of drug-likeness (QED) is 0.326.